The number of rotatable bonds is 5. The smallest absolute Gasteiger partial charge is 0.271 e. The fraction of sp³-hybridized carbons (Fsp3) is 0.133. The number of amides is 1. The van der Waals surface area contributed by atoms with Crippen molar-refractivity contribution >= 4 is 17.4 Å². The highest BCUT2D eigenvalue weighted by atomic mass is 16.1. The van der Waals surface area contributed by atoms with Crippen molar-refractivity contribution in [3.8, 4) is 0 Å². The van der Waals surface area contributed by atoms with Crippen molar-refractivity contribution in [1.29, 1.82) is 0 Å². The molecule has 0 aliphatic heterocycles. The summed E-state index contributed by atoms with van der Waals surface area (Å²) < 4.78 is 0. The highest BCUT2D eigenvalue weighted by Gasteiger charge is 2.06. The molecule has 102 valence electrons. The number of hydrogen-bond donors (Lipinski definition) is 2. The lowest BCUT2D eigenvalue weighted by Crippen LogP contribution is -2.24. The highest BCUT2D eigenvalue weighted by molar-refractivity contribution is 5.92. The molecule has 0 saturated heterocycles. The van der Waals surface area contributed by atoms with Crippen molar-refractivity contribution in [1.82, 2.24) is 15.3 Å². The molecule has 1 heterocycles. The first-order chi connectivity index (χ1) is 9.69. The van der Waals surface area contributed by atoms with Gasteiger partial charge in [-0.05, 0) is 19.1 Å². The normalized spacial score (nSPS) is 9.85. The second-order valence-corrected chi connectivity index (χ2v) is 4.28. The van der Waals surface area contributed by atoms with E-state index in [1.54, 1.807) is 6.08 Å². The van der Waals surface area contributed by atoms with E-state index >= 15 is 0 Å². The largest absolute Gasteiger partial charge is 0.347 e. The molecule has 0 spiro atoms. The maximum absolute atomic E-state index is 11.6. The molecule has 0 aliphatic carbocycles. The topological polar surface area (TPSA) is 66.9 Å². The highest BCUT2D eigenvalue weighted by Crippen LogP contribution is 2.14. The van der Waals surface area contributed by atoms with E-state index in [-0.39, 0.29) is 11.6 Å². The summed E-state index contributed by atoms with van der Waals surface area (Å²) in [7, 11) is 0. The number of aromatic nitrogens is 2. The Morgan fingerprint density at radius 2 is 2.00 bits per heavy atom. The number of nitrogens with one attached hydrogen (secondary N) is 2. The quantitative estimate of drug-likeness (QED) is 0.817. The number of nitrogens with zero attached hydrogens (tertiary/aromatic N) is 2. The molecule has 20 heavy (non-hydrogen) atoms. The van der Waals surface area contributed by atoms with Gasteiger partial charge in [0.25, 0.3) is 5.91 Å². The molecular weight excluding hydrogens is 252 g/mol. The van der Waals surface area contributed by atoms with Crippen LogP contribution in [-0.2, 0) is 0 Å². The average molecular weight is 268 g/mol. The van der Waals surface area contributed by atoms with Crippen LogP contribution >= 0.6 is 0 Å². The fourth-order valence-corrected chi connectivity index (χ4v) is 1.55. The molecule has 1 aromatic carbocycles. The lowest BCUT2D eigenvalue weighted by Gasteiger charge is -2.06. The van der Waals surface area contributed by atoms with Gasteiger partial charge in [0.2, 0.25) is 0 Å². The Kier molecular flexibility index (Phi) is 4.44. The number of anilines is 2. The van der Waals surface area contributed by atoms with Gasteiger partial charge in [0.1, 0.15) is 11.5 Å². The van der Waals surface area contributed by atoms with E-state index in [0.717, 1.165) is 5.69 Å². The average Bonchev–Trinajstić information content (AvgIpc) is 2.48. The molecule has 5 heteroatoms. The number of carbonyl (C=O) groups excluding carboxylic acids is 1. The van der Waals surface area contributed by atoms with E-state index in [1.165, 1.54) is 18.0 Å². The van der Waals surface area contributed by atoms with Gasteiger partial charge in [0.05, 0.1) is 12.4 Å². The third kappa shape index (κ3) is 3.65. The fourth-order valence-electron chi connectivity index (χ4n) is 1.55. The van der Waals surface area contributed by atoms with Crippen molar-refractivity contribution in [3.63, 3.8) is 0 Å². The predicted octanol–water partition coefficient (Wildman–Crippen LogP) is 2.44. The summed E-state index contributed by atoms with van der Waals surface area (Å²) in [5.41, 5.74) is 2.39. The van der Waals surface area contributed by atoms with Crippen LogP contribution in [0.2, 0.25) is 0 Å². The third-order valence-electron chi connectivity index (χ3n) is 2.62. The van der Waals surface area contributed by atoms with E-state index in [1.807, 2.05) is 31.2 Å². The number of hydrogen-bond acceptors (Lipinski definition) is 4. The Labute approximate surface area is 117 Å². The summed E-state index contributed by atoms with van der Waals surface area (Å²) in [6, 6.07) is 7.93. The monoisotopic (exact) mass is 268 g/mol. The number of aryl methyl sites for hydroxylation is 1. The SMILES string of the molecule is C=CCNC(=O)c1cnc(Nc2ccc(C)cc2)cn1. The summed E-state index contributed by atoms with van der Waals surface area (Å²) in [4.78, 5) is 19.9. The molecule has 1 aromatic heterocycles. The van der Waals surface area contributed by atoms with Gasteiger partial charge >= 0.3 is 0 Å². The molecule has 1 amide bonds. The maximum atomic E-state index is 11.6. The Balaban J connectivity index is 2.02. The summed E-state index contributed by atoms with van der Waals surface area (Å²) in [5, 5.41) is 5.76. The minimum Gasteiger partial charge on any atom is -0.347 e. The van der Waals surface area contributed by atoms with E-state index in [2.05, 4.69) is 27.2 Å². The zero-order chi connectivity index (χ0) is 14.4. The Morgan fingerprint density at radius 1 is 1.25 bits per heavy atom. The molecule has 0 saturated carbocycles. The molecule has 2 rings (SSSR count). The second-order valence-electron chi connectivity index (χ2n) is 4.28. The standard InChI is InChI=1S/C15H16N4O/c1-3-8-16-15(20)13-9-18-14(10-17-13)19-12-6-4-11(2)5-7-12/h3-7,9-10H,1,8H2,2H3,(H,16,20)(H,18,19). The van der Waals surface area contributed by atoms with Gasteiger partial charge in [-0.15, -0.1) is 6.58 Å². The van der Waals surface area contributed by atoms with Gasteiger partial charge in [0, 0.05) is 12.2 Å². The van der Waals surface area contributed by atoms with Crippen molar-refractivity contribution < 1.29 is 4.79 Å². The van der Waals surface area contributed by atoms with Crippen LogP contribution in [0.5, 0.6) is 0 Å². The van der Waals surface area contributed by atoms with Crippen LogP contribution in [0, 0.1) is 6.92 Å². The van der Waals surface area contributed by atoms with Crippen molar-refractivity contribution in [2.24, 2.45) is 0 Å². The van der Waals surface area contributed by atoms with Gasteiger partial charge in [-0.1, -0.05) is 23.8 Å². The van der Waals surface area contributed by atoms with Gasteiger partial charge in [-0.2, -0.15) is 0 Å². The molecular formula is C15H16N4O. The minimum absolute atomic E-state index is 0.265. The minimum atomic E-state index is -0.265. The molecule has 0 fully saturated rings. The first-order valence-electron chi connectivity index (χ1n) is 6.24. The van der Waals surface area contributed by atoms with Crippen molar-refractivity contribution in [2.45, 2.75) is 6.92 Å². The first kappa shape index (κ1) is 13.7. The van der Waals surface area contributed by atoms with E-state index in [4.69, 9.17) is 0 Å². The van der Waals surface area contributed by atoms with Crippen LogP contribution in [-0.4, -0.2) is 22.4 Å². The van der Waals surface area contributed by atoms with Gasteiger partial charge in [-0.3, -0.25) is 4.79 Å². The van der Waals surface area contributed by atoms with Gasteiger partial charge in [-0.25, -0.2) is 9.97 Å². The third-order valence-corrected chi connectivity index (χ3v) is 2.62. The van der Waals surface area contributed by atoms with Crippen molar-refractivity contribution in [2.75, 3.05) is 11.9 Å². The zero-order valence-electron chi connectivity index (χ0n) is 11.3. The summed E-state index contributed by atoms with van der Waals surface area (Å²) >= 11 is 0. The van der Waals surface area contributed by atoms with Crippen LogP contribution in [0.15, 0.2) is 49.3 Å². The first-order valence-corrected chi connectivity index (χ1v) is 6.24. The molecule has 0 bridgehead atoms. The lowest BCUT2D eigenvalue weighted by atomic mass is 10.2. The predicted molar refractivity (Wildman–Crippen MR) is 79.0 cm³/mol. The van der Waals surface area contributed by atoms with E-state index < -0.39 is 0 Å². The van der Waals surface area contributed by atoms with Gasteiger partial charge in [0.15, 0.2) is 0 Å². The molecule has 0 unspecified atom stereocenters. The molecule has 0 atom stereocenters. The zero-order valence-corrected chi connectivity index (χ0v) is 11.3. The van der Waals surface area contributed by atoms with Crippen molar-refractivity contribution in [3.05, 3.63) is 60.6 Å². The van der Waals surface area contributed by atoms with Crippen LogP contribution in [0.25, 0.3) is 0 Å². The molecule has 2 N–H and O–H groups in total. The lowest BCUT2D eigenvalue weighted by molar-refractivity contribution is 0.0952. The molecule has 2 aromatic rings. The summed E-state index contributed by atoms with van der Waals surface area (Å²) in [6.45, 7) is 5.97. The summed E-state index contributed by atoms with van der Waals surface area (Å²) in [5.74, 6) is 0.327. The Hall–Kier alpha value is -2.69. The summed E-state index contributed by atoms with van der Waals surface area (Å²) in [6.07, 6.45) is 4.58. The Morgan fingerprint density at radius 3 is 2.60 bits per heavy atom. The maximum Gasteiger partial charge on any atom is 0.271 e. The second kappa shape index (κ2) is 6.47. The van der Waals surface area contributed by atoms with Gasteiger partial charge < -0.3 is 10.6 Å². The van der Waals surface area contributed by atoms with E-state index in [9.17, 15) is 4.79 Å². The number of benzene rings is 1. The van der Waals surface area contributed by atoms with Crippen LogP contribution in [0.1, 0.15) is 16.1 Å². The molecule has 5 nitrogen and oxygen atoms in total. The van der Waals surface area contributed by atoms with Crippen LogP contribution in [0.4, 0.5) is 11.5 Å². The van der Waals surface area contributed by atoms with Crippen LogP contribution in [0.3, 0.4) is 0 Å². The Bertz CT molecular complexity index is 590. The van der Waals surface area contributed by atoms with E-state index in [0.29, 0.717) is 12.4 Å². The molecule has 0 radical (unpaired) electrons. The molecule has 0 aliphatic rings. The van der Waals surface area contributed by atoms with Crippen LogP contribution < -0.4 is 10.6 Å². The number of carbonyl (C=O) groups is 1.